The molecule has 4 rings (SSSR count). The van der Waals surface area contributed by atoms with Gasteiger partial charge in [-0.15, -0.1) is 0 Å². The van der Waals surface area contributed by atoms with Gasteiger partial charge in [-0.25, -0.2) is 4.39 Å². The Bertz CT molecular complexity index is 867. The summed E-state index contributed by atoms with van der Waals surface area (Å²) in [6, 6.07) is 20.5. The van der Waals surface area contributed by atoms with Crippen LogP contribution >= 0.6 is 0 Å². The highest BCUT2D eigenvalue weighted by Gasteiger charge is 2.13. The number of halogens is 1. The quantitative estimate of drug-likeness (QED) is 0.505. The van der Waals surface area contributed by atoms with E-state index in [1.165, 1.54) is 12.1 Å². The fourth-order valence-corrected chi connectivity index (χ4v) is 2.67. The SMILES string of the molecule is Fc1ccc(-c2cccc3c2C=Nc2ccccc2N3)cc1. The lowest BCUT2D eigenvalue weighted by Crippen LogP contribution is -1.95. The van der Waals surface area contributed by atoms with E-state index in [-0.39, 0.29) is 5.82 Å². The second-order valence-electron chi connectivity index (χ2n) is 5.17. The summed E-state index contributed by atoms with van der Waals surface area (Å²) in [5.41, 5.74) is 5.89. The molecule has 0 aromatic heterocycles. The fraction of sp³-hybridized carbons (Fsp3) is 0. The summed E-state index contributed by atoms with van der Waals surface area (Å²) in [7, 11) is 0. The normalized spacial score (nSPS) is 12.0. The van der Waals surface area contributed by atoms with E-state index in [4.69, 9.17) is 0 Å². The standard InChI is InChI=1S/C19H13FN2/c20-14-10-8-13(9-11-14)15-4-3-7-17-16(15)12-21-18-5-1-2-6-19(18)22-17/h1-12,22H. The van der Waals surface area contributed by atoms with Gasteiger partial charge in [0, 0.05) is 17.5 Å². The number of anilines is 2. The zero-order valence-corrected chi connectivity index (χ0v) is 11.8. The molecular weight excluding hydrogens is 275 g/mol. The summed E-state index contributed by atoms with van der Waals surface area (Å²) in [4.78, 5) is 4.57. The third kappa shape index (κ3) is 2.17. The Balaban J connectivity index is 1.88. The Morgan fingerprint density at radius 1 is 0.773 bits per heavy atom. The maximum absolute atomic E-state index is 13.1. The number of hydrogen-bond acceptors (Lipinski definition) is 2. The predicted octanol–water partition coefficient (Wildman–Crippen LogP) is 5.30. The van der Waals surface area contributed by atoms with Crippen LogP contribution in [0.25, 0.3) is 11.1 Å². The number of rotatable bonds is 1. The van der Waals surface area contributed by atoms with Crippen LogP contribution in [0.5, 0.6) is 0 Å². The van der Waals surface area contributed by atoms with Crippen LogP contribution < -0.4 is 5.32 Å². The molecular formula is C19H13FN2. The number of hydrogen-bond donors (Lipinski definition) is 1. The lowest BCUT2D eigenvalue weighted by molar-refractivity contribution is 0.628. The van der Waals surface area contributed by atoms with Gasteiger partial charge in [-0.3, -0.25) is 4.99 Å². The van der Waals surface area contributed by atoms with Crippen molar-refractivity contribution >= 4 is 23.3 Å². The zero-order valence-electron chi connectivity index (χ0n) is 11.8. The Kier molecular flexibility index (Phi) is 2.97. The third-order valence-electron chi connectivity index (χ3n) is 3.77. The van der Waals surface area contributed by atoms with Crippen LogP contribution in [-0.2, 0) is 0 Å². The van der Waals surface area contributed by atoms with E-state index >= 15 is 0 Å². The third-order valence-corrected chi connectivity index (χ3v) is 3.77. The van der Waals surface area contributed by atoms with Crippen molar-refractivity contribution in [1.29, 1.82) is 0 Å². The van der Waals surface area contributed by atoms with E-state index in [0.29, 0.717) is 0 Å². The van der Waals surface area contributed by atoms with E-state index < -0.39 is 0 Å². The van der Waals surface area contributed by atoms with Crippen molar-refractivity contribution < 1.29 is 4.39 Å². The van der Waals surface area contributed by atoms with Crippen LogP contribution in [0.3, 0.4) is 0 Å². The van der Waals surface area contributed by atoms with Gasteiger partial charge in [0.15, 0.2) is 0 Å². The van der Waals surface area contributed by atoms with Crippen molar-refractivity contribution in [3.05, 3.63) is 78.1 Å². The second kappa shape index (κ2) is 5.11. The first-order chi connectivity index (χ1) is 10.8. The molecule has 0 radical (unpaired) electrons. The van der Waals surface area contributed by atoms with Crippen molar-refractivity contribution in [3.63, 3.8) is 0 Å². The minimum absolute atomic E-state index is 0.232. The smallest absolute Gasteiger partial charge is 0.123 e. The summed E-state index contributed by atoms with van der Waals surface area (Å²) in [5, 5.41) is 3.43. The molecule has 3 heteroatoms. The lowest BCUT2D eigenvalue weighted by atomic mass is 9.98. The zero-order chi connectivity index (χ0) is 14.9. The average Bonchev–Trinajstić information content (AvgIpc) is 2.74. The highest BCUT2D eigenvalue weighted by Crippen LogP contribution is 2.35. The van der Waals surface area contributed by atoms with Gasteiger partial charge in [-0.05, 0) is 41.5 Å². The number of nitrogens with zero attached hydrogens (tertiary/aromatic N) is 1. The summed E-state index contributed by atoms with van der Waals surface area (Å²) < 4.78 is 13.1. The van der Waals surface area contributed by atoms with Crippen LogP contribution in [0.2, 0.25) is 0 Å². The highest BCUT2D eigenvalue weighted by molar-refractivity contribution is 6.01. The topological polar surface area (TPSA) is 24.4 Å². The minimum atomic E-state index is -0.232. The molecule has 1 N–H and O–H groups in total. The molecule has 106 valence electrons. The van der Waals surface area contributed by atoms with Gasteiger partial charge in [0.25, 0.3) is 0 Å². The largest absolute Gasteiger partial charge is 0.353 e. The molecule has 3 aromatic carbocycles. The molecule has 0 saturated heterocycles. The van der Waals surface area contributed by atoms with Gasteiger partial charge in [0.05, 0.1) is 11.4 Å². The summed E-state index contributed by atoms with van der Waals surface area (Å²) in [6.45, 7) is 0. The Morgan fingerprint density at radius 3 is 2.41 bits per heavy atom. The van der Waals surface area contributed by atoms with E-state index in [2.05, 4.69) is 10.3 Å². The molecule has 1 aliphatic heterocycles. The van der Waals surface area contributed by atoms with Crippen LogP contribution in [0.1, 0.15) is 5.56 Å². The maximum atomic E-state index is 13.1. The summed E-state index contributed by atoms with van der Waals surface area (Å²) >= 11 is 0. The van der Waals surface area contributed by atoms with Gasteiger partial charge in [-0.2, -0.15) is 0 Å². The Labute approximate surface area is 128 Å². The molecule has 3 aromatic rings. The molecule has 0 amide bonds. The van der Waals surface area contributed by atoms with Crippen molar-refractivity contribution in [2.75, 3.05) is 5.32 Å². The van der Waals surface area contributed by atoms with Crippen molar-refractivity contribution in [1.82, 2.24) is 0 Å². The van der Waals surface area contributed by atoms with Crippen LogP contribution in [-0.4, -0.2) is 6.21 Å². The van der Waals surface area contributed by atoms with Crippen molar-refractivity contribution in [2.24, 2.45) is 4.99 Å². The van der Waals surface area contributed by atoms with Gasteiger partial charge in [0.1, 0.15) is 5.82 Å². The molecule has 22 heavy (non-hydrogen) atoms. The summed E-state index contributed by atoms with van der Waals surface area (Å²) in [5.74, 6) is -0.232. The van der Waals surface area contributed by atoms with Crippen molar-refractivity contribution in [3.8, 4) is 11.1 Å². The minimum Gasteiger partial charge on any atom is -0.353 e. The average molecular weight is 288 g/mol. The Morgan fingerprint density at radius 2 is 1.55 bits per heavy atom. The molecule has 1 heterocycles. The van der Waals surface area contributed by atoms with Crippen molar-refractivity contribution in [2.45, 2.75) is 0 Å². The van der Waals surface area contributed by atoms with E-state index in [1.807, 2.05) is 48.7 Å². The molecule has 0 spiro atoms. The molecule has 2 nitrogen and oxygen atoms in total. The predicted molar refractivity (Wildman–Crippen MR) is 88.8 cm³/mol. The van der Waals surface area contributed by atoms with Crippen LogP contribution in [0, 0.1) is 5.82 Å². The molecule has 0 saturated carbocycles. The molecule has 0 fully saturated rings. The lowest BCUT2D eigenvalue weighted by Gasteiger charge is -2.12. The molecule has 0 atom stereocenters. The summed E-state index contributed by atoms with van der Waals surface area (Å²) in [6.07, 6.45) is 1.87. The number of nitrogens with one attached hydrogen (secondary N) is 1. The number of benzene rings is 3. The van der Waals surface area contributed by atoms with Gasteiger partial charge < -0.3 is 5.32 Å². The van der Waals surface area contributed by atoms with Gasteiger partial charge >= 0.3 is 0 Å². The van der Waals surface area contributed by atoms with Crippen LogP contribution in [0.4, 0.5) is 21.5 Å². The van der Waals surface area contributed by atoms with E-state index in [0.717, 1.165) is 33.8 Å². The Hall–Kier alpha value is -2.94. The van der Waals surface area contributed by atoms with E-state index in [9.17, 15) is 4.39 Å². The first-order valence-corrected chi connectivity index (χ1v) is 7.10. The number of para-hydroxylation sites is 2. The van der Waals surface area contributed by atoms with E-state index in [1.54, 1.807) is 12.1 Å². The molecule has 0 aliphatic carbocycles. The maximum Gasteiger partial charge on any atom is 0.123 e. The monoisotopic (exact) mass is 288 g/mol. The first kappa shape index (κ1) is 12.8. The molecule has 0 unspecified atom stereocenters. The van der Waals surface area contributed by atoms with Gasteiger partial charge in [-0.1, -0.05) is 36.4 Å². The highest BCUT2D eigenvalue weighted by atomic mass is 19.1. The molecule has 1 aliphatic rings. The van der Waals surface area contributed by atoms with Gasteiger partial charge in [0.2, 0.25) is 0 Å². The molecule has 0 bridgehead atoms. The fourth-order valence-electron chi connectivity index (χ4n) is 2.67. The number of aliphatic imine (C=N–C) groups is 1. The number of fused-ring (bicyclic) bond motifs is 2. The first-order valence-electron chi connectivity index (χ1n) is 7.10. The second-order valence-corrected chi connectivity index (χ2v) is 5.17. The van der Waals surface area contributed by atoms with Crippen LogP contribution in [0.15, 0.2) is 71.7 Å².